The third-order valence-electron chi connectivity index (χ3n) is 3.67. The molecule has 2 heterocycles. The first-order valence-electron chi connectivity index (χ1n) is 7.23. The van der Waals surface area contributed by atoms with Crippen molar-refractivity contribution in [1.82, 2.24) is 15.2 Å². The van der Waals surface area contributed by atoms with Gasteiger partial charge in [-0.2, -0.15) is 0 Å². The third kappa shape index (κ3) is 3.23. The Kier molecular flexibility index (Phi) is 4.03. The van der Waals surface area contributed by atoms with Gasteiger partial charge in [0.25, 0.3) is 0 Å². The number of piperazine rings is 1. The van der Waals surface area contributed by atoms with Crippen molar-refractivity contribution in [2.24, 2.45) is 5.41 Å². The molecule has 0 aliphatic carbocycles. The Balaban J connectivity index is 2.34. The number of hydrogen-bond acceptors (Lipinski definition) is 3. The van der Waals surface area contributed by atoms with Crippen molar-refractivity contribution in [2.45, 2.75) is 53.2 Å². The quantitative estimate of drug-likeness (QED) is 0.900. The molecular formula is C16H23N3O2. The molecule has 21 heavy (non-hydrogen) atoms. The minimum atomic E-state index is -0.485. The Bertz CT molecular complexity index is 563. The van der Waals surface area contributed by atoms with Crippen LogP contribution in [0.2, 0.25) is 0 Å². The molecular weight excluding hydrogens is 266 g/mol. The number of hydrogen-bond donors (Lipinski definition) is 1. The van der Waals surface area contributed by atoms with Gasteiger partial charge in [-0.05, 0) is 31.4 Å². The summed E-state index contributed by atoms with van der Waals surface area (Å²) in [5.41, 5.74) is 1.38. The van der Waals surface area contributed by atoms with Crippen LogP contribution in [0.5, 0.6) is 0 Å². The molecule has 1 aliphatic heterocycles. The molecule has 1 aromatic heterocycles. The minimum Gasteiger partial charge on any atom is -0.343 e. The summed E-state index contributed by atoms with van der Waals surface area (Å²) >= 11 is 0. The first kappa shape index (κ1) is 15.5. The molecule has 0 radical (unpaired) electrons. The summed E-state index contributed by atoms with van der Waals surface area (Å²) in [6.07, 6.45) is 0. The van der Waals surface area contributed by atoms with Crippen LogP contribution in [0.15, 0.2) is 18.2 Å². The SMILES string of the molecule is Cc1cccc(CN2C(=O)C(C)NC(=O)C2C(C)(C)C)n1. The predicted octanol–water partition coefficient (Wildman–Crippen LogP) is 1.65. The average Bonchev–Trinajstić information content (AvgIpc) is 2.34. The van der Waals surface area contributed by atoms with Crippen molar-refractivity contribution in [2.75, 3.05) is 0 Å². The summed E-state index contributed by atoms with van der Waals surface area (Å²) in [5, 5.41) is 2.76. The fourth-order valence-electron chi connectivity index (χ4n) is 2.76. The summed E-state index contributed by atoms with van der Waals surface area (Å²) in [4.78, 5) is 30.9. The van der Waals surface area contributed by atoms with Gasteiger partial charge < -0.3 is 10.2 Å². The lowest BCUT2D eigenvalue weighted by Crippen LogP contribution is -2.65. The highest BCUT2D eigenvalue weighted by Gasteiger charge is 2.44. The van der Waals surface area contributed by atoms with Crippen LogP contribution in [0, 0.1) is 12.3 Å². The molecule has 0 bridgehead atoms. The van der Waals surface area contributed by atoms with Crippen LogP contribution in [-0.4, -0.2) is 33.8 Å². The third-order valence-corrected chi connectivity index (χ3v) is 3.67. The van der Waals surface area contributed by atoms with Gasteiger partial charge in [-0.3, -0.25) is 14.6 Å². The van der Waals surface area contributed by atoms with Gasteiger partial charge in [-0.1, -0.05) is 26.8 Å². The van der Waals surface area contributed by atoms with E-state index in [0.717, 1.165) is 11.4 Å². The lowest BCUT2D eigenvalue weighted by Gasteiger charge is -2.43. The maximum atomic E-state index is 12.5. The van der Waals surface area contributed by atoms with Crippen LogP contribution < -0.4 is 5.32 Å². The van der Waals surface area contributed by atoms with Crippen molar-refractivity contribution in [3.63, 3.8) is 0 Å². The zero-order chi connectivity index (χ0) is 15.8. The van der Waals surface area contributed by atoms with Crippen molar-refractivity contribution in [1.29, 1.82) is 0 Å². The second kappa shape index (κ2) is 5.47. The number of aromatic nitrogens is 1. The highest BCUT2D eigenvalue weighted by atomic mass is 16.2. The monoisotopic (exact) mass is 289 g/mol. The van der Waals surface area contributed by atoms with E-state index in [0.29, 0.717) is 6.54 Å². The summed E-state index contributed by atoms with van der Waals surface area (Å²) in [6, 6.07) is 4.75. The summed E-state index contributed by atoms with van der Waals surface area (Å²) in [7, 11) is 0. The minimum absolute atomic E-state index is 0.0576. The number of nitrogens with zero attached hydrogens (tertiary/aromatic N) is 2. The van der Waals surface area contributed by atoms with Gasteiger partial charge >= 0.3 is 0 Å². The van der Waals surface area contributed by atoms with Crippen LogP contribution in [0.1, 0.15) is 39.1 Å². The number of amides is 2. The number of pyridine rings is 1. The molecule has 5 nitrogen and oxygen atoms in total. The lowest BCUT2D eigenvalue weighted by atomic mass is 9.83. The van der Waals surface area contributed by atoms with Gasteiger partial charge in [-0.15, -0.1) is 0 Å². The maximum Gasteiger partial charge on any atom is 0.245 e. The molecule has 1 aromatic rings. The molecule has 0 spiro atoms. The Morgan fingerprint density at radius 3 is 2.52 bits per heavy atom. The zero-order valence-corrected chi connectivity index (χ0v) is 13.3. The summed E-state index contributed by atoms with van der Waals surface area (Å²) in [6.45, 7) is 9.90. The number of aryl methyl sites for hydroxylation is 1. The predicted molar refractivity (Wildman–Crippen MR) is 80.4 cm³/mol. The number of nitrogens with one attached hydrogen (secondary N) is 1. The van der Waals surface area contributed by atoms with Crippen molar-refractivity contribution in [3.05, 3.63) is 29.6 Å². The lowest BCUT2D eigenvalue weighted by molar-refractivity contribution is -0.154. The molecule has 2 amide bonds. The van der Waals surface area contributed by atoms with Crippen molar-refractivity contribution in [3.8, 4) is 0 Å². The first-order chi connectivity index (χ1) is 9.70. The van der Waals surface area contributed by atoms with E-state index >= 15 is 0 Å². The molecule has 5 heteroatoms. The van der Waals surface area contributed by atoms with Gasteiger partial charge in [0.2, 0.25) is 11.8 Å². The molecule has 2 unspecified atom stereocenters. The van der Waals surface area contributed by atoms with E-state index < -0.39 is 12.1 Å². The number of carbonyl (C=O) groups is 2. The van der Waals surface area contributed by atoms with Crippen LogP contribution >= 0.6 is 0 Å². The molecule has 1 fully saturated rings. The molecule has 1 N–H and O–H groups in total. The number of rotatable bonds is 2. The highest BCUT2D eigenvalue weighted by molar-refractivity contribution is 5.97. The standard InChI is InChI=1S/C16H23N3O2/c1-10-7-6-8-12(17-10)9-19-13(16(3,4)5)14(20)18-11(2)15(19)21/h6-8,11,13H,9H2,1-5H3,(H,18,20). The smallest absolute Gasteiger partial charge is 0.245 e. The van der Waals surface area contributed by atoms with E-state index in [1.54, 1.807) is 11.8 Å². The Morgan fingerprint density at radius 2 is 1.95 bits per heavy atom. The van der Waals surface area contributed by atoms with Crippen LogP contribution in [-0.2, 0) is 16.1 Å². The normalized spacial score (nSPS) is 23.2. The van der Waals surface area contributed by atoms with E-state index in [-0.39, 0.29) is 17.2 Å². The largest absolute Gasteiger partial charge is 0.343 e. The molecule has 2 atom stereocenters. The van der Waals surface area contributed by atoms with E-state index in [1.165, 1.54) is 0 Å². The molecule has 0 aromatic carbocycles. The van der Waals surface area contributed by atoms with Gasteiger partial charge in [0.1, 0.15) is 12.1 Å². The van der Waals surface area contributed by atoms with Crippen molar-refractivity contribution < 1.29 is 9.59 Å². The van der Waals surface area contributed by atoms with Crippen LogP contribution in [0.3, 0.4) is 0 Å². The zero-order valence-electron chi connectivity index (χ0n) is 13.3. The summed E-state index contributed by atoms with van der Waals surface area (Å²) in [5.74, 6) is -0.153. The van der Waals surface area contributed by atoms with Crippen LogP contribution in [0.25, 0.3) is 0 Å². The molecule has 114 valence electrons. The van der Waals surface area contributed by atoms with E-state index in [4.69, 9.17) is 0 Å². The molecule has 0 saturated carbocycles. The summed E-state index contributed by atoms with van der Waals surface area (Å²) < 4.78 is 0. The maximum absolute atomic E-state index is 12.5. The molecule has 2 rings (SSSR count). The van der Waals surface area contributed by atoms with E-state index in [1.807, 2.05) is 45.9 Å². The second-order valence-electron chi connectivity index (χ2n) is 6.74. The van der Waals surface area contributed by atoms with Gasteiger partial charge in [0.15, 0.2) is 0 Å². The first-order valence-corrected chi connectivity index (χ1v) is 7.23. The fraction of sp³-hybridized carbons (Fsp3) is 0.562. The van der Waals surface area contributed by atoms with Crippen LogP contribution in [0.4, 0.5) is 0 Å². The van der Waals surface area contributed by atoms with E-state index in [9.17, 15) is 9.59 Å². The Hall–Kier alpha value is -1.91. The molecule has 1 saturated heterocycles. The van der Waals surface area contributed by atoms with Gasteiger partial charge in [-0.25, -0.2) is 0 Å². The van der Waals surface area contributed by atoms with Gasteiger partial charge in [0.05, 0.1) is 12.2 Å². The molecule has 1 aliphatic rings. The number of carbonyl (C=O) groups excluding carboxylic acids is 2. The highest BCUT2D eigenvalue weighted by Crippen LogP contribution is 2.28. The average molecular weight is 289 g/mol. The van der Waals surface area contributed by atoms with Gasteiger partial charge in [0, 0.05) is 5.69 Å². The Morgan fingerprint density at radius 1 is 1.29 bits per heavy atom. The van der Waals surface area contributed by atoms with Crippen molar-refractivity contribution >= 4 is 11.8 Å². The second-order valence-corrected chi connectivity index (χ2v) is 6.74. The Labute approximate surface area is 125 Å². The fourth-order valence-corrected chi connectivity index (χ4v) is 2.76. The van der Waals surface area contributed by atoms with E-state index in [2.05, 4.69) is 10.3 Å². The topological polar surface area (TPSA) is 62.3 Å².